The van der Waals surface area contributed by atoms with E-state index in [9.17, 15) is 4.79 Å². The van der Waals surface area contributed by atoms with Gasteiger partial charge in [-0.25, -0.2) is 14.8 Å². The number of hydrogen-bond acceptors (Lipinski definition) is 5. The molecule has 1 fully saturated rings. The molecule has 1 saturated heterocycles. The van der Waals surface area contributed by atoms with Crippen LogP contribution in [0.5, 0.6) is 0 Å². The van der Waals surface area contributed by atoms with Gasteiger partial charge in [-0.05, 0) is 46.0 Å². The molecular formula is C18H30N4O2. The number of carbonyl (C=O) groups is 1. The number of hydrogen-bond donors (Lipinski definition) is 1. The molecule has 0 radical (unpaired) electrons. The summed E-state index contributed by atoms with van der Waals surface area (Å²) in [5.41, 5.74) is 0.598. The number of aromatic nitrogens is 2. The van der Waals surface area contributed by atoms with Crippen LogP contribution in [0.2, 0.25) is 0 Å². The van der Waals surface area contributed by atoms with Crippen LogP contribution < -0.4 is 10.2 Å². The number of alkyl carbamates (subject to hydrolysis) is 1. The van der Waals surface area contributed by atoms with E-state index >= 15 is 0 Å². The molecule has 1 amide bonds. The van der Waals surface area contributed by atoms with Gasteiger partial charge in [-0.2, -0.15) is 0 Å². The van der Waals surface area contributed by atoms with Crippen LogP contribution in [0.15, 0.2) is 12.4 Å². The Hall–Kier alpha value is -1.85. The summed E-state index contributed by atoms with van der Waals surface area (Å²) in [7, 11) is 0. The maximum atomic E-state index is 12.0. The van der Waals surface area contributed by atoms with Gasteiger partial charge >= 0.3 is 6.09 Å². The summed E-state index contributed by atoms with van der Waals surface area (Å²) in [6.07, 6.45) is 4.32. The molecule has 0 bridgehead atoms. The number of nitrogens with one attached hydrogen (secondary N) is 1. The Bertz CT molecular complexity index is 556. The van der Waals surface area contributed by atoms with Crippen LogP contribution in [0.4, 0.5) is 10.6 Å². The summed E-state index contributed by atoms with van der Waals surface area (Å²) in [6, 6.07) is 2.15. The molecule has 1 aliphatic rings. The lowest BCUT2D eigenvalue weighted by Crippen LogP contribution is -2.49. The molecule has 2 atom stereocenters. The van der Waals surface area contributed by atoms with Crippen molar-refractivity contribution < 1.29 is 9.53 Å². The third-order valence-corrected chi connectivity index (χ3v) is 4.26. The van der Waals surface area contributed by atoms with Gasteiger partial charge in [0.2, 0.25) is 0 Å². The highest BCUT2D eigenvalue weighted by Crippen LogP contribution is 2.22. The van der Waals surface area contributed by atoms with Crippen LogP contribution >= 0.6 is 0 Å². The Balaban J connectivity index is 1.99. The van der Waals surface area contributed by atoms with Crippen LogP contribution in [-0.4, -0.2) is 40.8 Å². The minimum Gasteiger partial charge on any atom is -0.444 e. The number of ether oxygens (including phenoxy) is 1. The van der Waals surface area contributed by atoms with Crippen LogP contribution in [-0.2, 0) is 4.74 Å². The van der Waals surface area contributed by atoms with Crippen molar-refractivity contribution in [2.45, 2.75) is 71.4 Å². The van der Waals surface area contributed by atoms with Gasteiger partial charge in [-0.15, -0.1) is 0 Å². The van der Waals surface area contributed by atoms with Crippen LogP contribution in [0, 0.1) is 0 Å². The molecule has 1 aromatic heterocycles. The highest BCUT2D eigenvalue weighted by atomic mass is 16.6. The predicted octanol–water partition coefficient (Wildman–Crippen LogP) is 3.48. The second-order valence-corrected chi connectivity index (χ2v) is 7.54. The van der Waals surface area contributed by atoms with Gasteiger partial charge in [0.15, 0.2) is 0 Å². The SMILES string of the molecule is CCC(C)c1cc(N2CCCC(NC(=O)OC(C)(C)C)C2)ncn1. The predicted molar refractivity (Wildman–Crippen MR) is 95.3 cm³/mol. The summed E-state index contributed by atoms with van der Waals surface area (Å²) in [5, 5.41) is 2.98. The molecular weight excluding hydrogens is 304 g/mol. The molecule has 2 heterocycles. The van der Waals surface area contributed by atoms with Crippen molar-refractivity contribution in [2.24, 2.45) is 0 Å². The maximum absolute atomic E-state index is 12.0. The second-order valence-electron chi connectivity index (χ2n) is 7.54. The lowest BCUT2D eigenvalue weighted by Gasteiger charge is -2.34. The quantitative estimate of drug-likeness (QED) is 0.913. The van der Waals surface area contributed by atoms with E-state index in [1.807, 2.05) is 20.8 Å². The molecule has 2 unspecified atom stereocenters. The van der Waals surface area contributed by atoms with E-state index in [1.165, 1.54) is 0 Å². The summed E-state index contributed by atoms with van der Waals surface area (Å²) in [5.74, 6) is 1.36. The maximum Gasteiger partial charge on any atom is 0.407 e. The molecule has 6 heteroatoms. The molecule has 0 spiro atoms. The number of anilines is 1. The lowest BCUT2D eigenvalue weighted by atomic mass is 10.0. The average molecular weight is 334 g/mol. The average Bonchev–Trinajstić information content (AvgIpc) is 2.52. The van der Waals surface area contributed by atoms with Crippen LogP contribution in [0.25, 0.3) is 0 Å². The van der Waals surface area contributed by atoms with Crippen molar-refractivity contribution in [1.82, 2.24) is 15.3 Å². The standard InChI is InChI=1S/C18H30N4O2/c1-6-13(2)15-10-16(20-12-19-15)22-9-7-8-14(11-22)21-17(23)24-18(3,4)5/h10,12-14H,6-9,11H2,1-5H3,(H,21,23). The number of nitrogens with zero attached hydrogens (tertiary/aromatic N) is 3. The van der Waals surface area contributed by atoms with E-state index in [1.54, 1.807) is 6.33 Å². The zero-order valence-corrected chi connectivity index (χ0v) is 15.5. The van der Waals surface area contributed by atoms with Crippen molar-refractivity contribution >= 4 is 11.9 Å². The number of carbonyl (C=O) groups excluding carboxylic acids is 1. The molecule has 134 valence electrons. The van der Waals surface area contributed by atoms with Crippen molar-refractivity contribution in [3.05, 3.63) is 18.1 Å². The van der Waals surface area contributed by atoms with Gasteiger partial charge < -0.3 is 15.0 Å². The first-order valence-electron chi connectivity index (χ1n) is 8.85. The van der Waals surface area contributed by atoms with E-state index in [0.29, 0.717) is 5.92 Å². The fourth-order valence-corrected chi connectivity index (χ4v) is 2.79. The highest BCUT2D eigenvalue weighted by Gasteiger charge is 2.25. The summed E-state index contributed by atoms with van der Waals surface area (Å²) < 4.78 is 5.35. The smallest absolute Gasteiger partial charge is 0.407 e. The molecule has 1 aliphatic heterocycles. The van der Waals surface area contributed by atoms with Gasteiger partial charge in [-0.1, -0.05) is 13.8 Å². The Labute approximate surface area is 145 Å². The molecule has 6 nitrogen and oxygen atoms in total. The van der Waals surface area contributed by atoms with E-state index < -0.39 is 5.60 Å². The van der Waals surface area contributed by atoms with Gasteiger partial charge in [0, 0.05) is 30.9 Å². The van der Waals surface area contributed by atoms with Gasteiger partial charge in [0.1, 0.15) is 17.7 Å². The van der Waals surface area contributed by atoms with Gasteiger partial charge in [-0.3, -0.25) is 0 Å². The lowest BCUT2D eigenvalue weighted by molar-refractivity contribution is 0.0500. The Morgan fingerprint density at radius 3 is 2.88 bits per heavy atom. The van der Waals surface area contributed by atoms with Crippen molar-refractivity contribution in [2.75, 3.05) is 18.0 Å². The van der Waals surface area contributed by atoms with Crippen molar-refractivity contribution in [3.63, 3.8) is 0 Å². The summed E-state index contributed by atoms with van der Waals surface area (Å²) in [4.78, 5) is 23.0. The Kier molecular flexibility index (Phi) is 6.02. The normalized spacial score (nSPS) is 19.7. The summed E-state index contributed by atoms with van der Waals surface area (Å²) >= 11 is 0. The molecule has 0 aliphatic carbocycles. The second kappa shape index (κ2) is 7.81. The highest BCUT2D eigenvalue weighted by molar-refractivity contribution is 5.68. The van der Waals surface area contributed by atoms with Gasteiger partial charge in [0.25, 0.3) is 0 Å². The first kappa shape index (κ1) is 18.5. The molecule has 0 saturated carbocycles. The Morgan fingerprint density at radius 1 is 1.46 bits per heavy atom. The van der Waals surface area contributed by atoms with Crippen LogP contribution in [0.3, 0.4) is 0 Å². The third kappa shape index (κ3) is 5.35. The number of rotatable bonds is 4. The first-order valence-corrected chi connectivity index (χ1v) is 8.85. The van der Waals surface area contributed by atoms with E-state index in [0.717, 1.165) is 43.9 Å². The fourth-order valence-electron chi connectivity index (χ4n) is 2.79. The zero-order chi connectivity index (χ0) is 17.7. The fraction of sp³-hybridized carbons (Fsp3) is 0.722. The monoisotopic (exact) mass is 334 g/mol. The Morgan fingerprint density at radius 2 is 2.21 bits per heavy atom. The van der Waals surface area contributed by atoms with E-state index in [-0.39, 0.29) is 12.1 Å². The minimum atomic E-state index is -0.476. The third-order valence-electron chi connectivity index (χ3n) is 4.26. The number of piperidine rings is 1. The summed E-state index contributed by atoms with van der Waals surface area (Å²) in [6.45, 7) is 11.6. The van der Waals surface area contributed by atoms with E-state index in [2.05, 4.69) is 40.1 Å². The molecule has 1 aromatic rings. The molecule has 2 rings (SSSR count). The van der Waals surface area contributed by atoms with Crippen molar-refractivity contribution in [1.29, 1.82) is 0 Å². The molecule has 0 aromatic carbocycles. The van der Waals surface area contributed by atoms with Crippen LogP contribution in [0.1, 0.15) is 65.5 Å². The number of amides is 1. The first-order chi connectivity index (χ1) is 11.3. The topological polar surface area (TPSA) is 67.4 Å². The molecule has 1 N–H and O–H groups in total. The largest absolute Gasteiger partial charge is 0.444 e. The van der Waals surface area contributed by atoms with Gasteiger partial charge in [0.05, 0.1) is 0 Å². The van der Waals surface area contributed by atoms with Crippen molar-refractivity contribution in [3.8, 4) is 0 Å². The minimum absolute atomic E-state index is 0.0793. The molecule has 24 heavy (non-hydrogen) atoms. The van der Waals surface area contributed by atoms with E-state index in [4.69, 9.17) is 4.74 Å². The zero-order valence-electron chi connectivity index (χ0n) is 15.5.